The zero-order valence-corrected chi connectivity index (χ0v) is 9.66. The molecule has 0 saturated heterocycles. The quantitative estimate of drug-likeness (QED) is 0.551. The van der Waals surface area contributed by atoms with Crippen LogP contribution in [0.5, 0.6) is 0 Å². The molecule has 84 valence electrons. The van der Waals surface area contributed by atoms with E-state index >= 15 is 0 Å². The van der Waals surface area contributed by atoms with Gasteiger partial charge in [-0.25, -0.2) is 5.43 Å². The molecule has 0 bridgehead atoms. The SMILES string of the molecule is CCCN(/C=C/CN(C)CCN)NC. The fourth-order valence-corrected chi connectivity index (χ4v) is 1.17. The molecule has 3 N–H and O–H groups in total. The van der Waals surface area contributed by atoms with Crippen molar-refractivity contribution in [2.45, 2.75) is 13.3 Å². The highest BCUT2D eigenvalue weighted by Gasteiger charge is 1.94. The van der Waals surface area contributed by atoms with Crippen molar-refractivity contribution in [3.63, 3.8) is 0 Å². The van der Waals surface area contributed by atoms with Crippen LogP contribution in [0.2, 0.25) is 0 Å². The zero-order chi connectivity index (χ0) is 10.8. The molecule has 4 heteroatoms. The summed E-state index contributed by atoms with van der Waals surface area (Å²) in [6.45, 7) is 5.80. The Morgan fingerprint density at radius 1 is 1.36 bits per heavy atom. The van der Waals surface area contributed by atoms with Crippen LogP contribution >= 0.6 is 0 Å². The molecule has 0 aromatic carbocycles. The third-order valence-electron chi connectivity index (χ3n) is 1.96. The first-order chi connectivity index (χ1) is 6.74. The second kappa shape index (κ2) is 8.99. The van der Waals surface area contributed by atoms with E-state index in [0.29, 0.717) is 0 Å². The molecule has 0 fully saturated rings. The van der Waals surface area contributed by atoms with E-state index < -0.39 is 0 Å². The number of nitrogens with zero attached hydrogens (tertiary/aromatic N) is 2. The van der Waals surface area contributed by atoms with Crippen LogP contribution in [0, 0.1) is 0 Å². The Morgan fingerprint density at radius 2 is 2.07 bits per heavy atom. The summed E-state index contributed by atoms with van der Waals surface area (Å²) in [6, 6.07) is 0. The number of nitrogens with two attached hydrogens (primary N) is 1. The summed E-state index contributed by atoms with van der Waals surface area (Å²) in [7, 11) is 4.00. The molecule has 14 heavy (non-hydrogen) atoms. The normalized spacial score (nSPS) is 11.5. The van der Waals surface area contributed by atoms with Crippen LogP contribution in [-0.2, 0) is 0 Å². The van der Waals surface area contributed by atoms with E-state index in [1.807, 2.05) is 7.05 Å². The highest BCUT2D eigenvalue weighted by atomic mass is 15.5. The van der Waals surface area contributed by atoms with Crippen LogP contribution in [0.15, 0.2) is 12.3 Å². The summed E-state index contributed by atoms with van der Waals surface area (Å²) in [6.07, 6.45) is 5.36. The van der Waals surface area contributed by atoms with Crippen molar-refractivity contribution in [1.82, 2.24) is 15.3 Å². The summed E-state index contributed by atoms with van der Waals surface area (Å²) in [5.41, 5.74) is 8.56. The van der Waals surface area contributed by atoms with E-state index in [4.69, 9.17) is 5.73 Å². The summed E-state index contributed by atoms with van der Waals surface area (Å²) >= 11 is 0. The number of hydrogen-bond donors (Lipinski definition) is 2. The van der Waals surface area contributed by atoms with Gasteiger partial charge in [0.25, 0.3) is 0 Å². The first-order valence-electron chi connectivity index (χ1n) is 5.23. The maximum Gasteiger partial charge on any atom is 0.0334 e. The summed E-state index contributed by atoms with van der Waals surface area (Å²) in [5, 5.41) is 2.08. The Hall–Kier alpha value is -0.580. The molecular weight excluding hydrogens is 176 g/mol. The Kier molecular flexibility index (Phi) is 8.62. The lowest BCUT2D eigenvalue weighted by atomic mass is 10.4. The minimum Gasteiger partial charge on any atom is -0.329 e. The highest BCUT2D eigenvalue weighted by Crippen LogP contribution is 1.88. The lowest BCUT2D eigenvalue weighted by Crippen LogP contribution is -2.31. The Bertz CT molecular complexity index is 147. The molecule has 0 aliphatic rings. The van der Waals surface area contributed by atoms with Gasteiger partial charge in [-0.2, -0.15) is 0 Å². The van der Waals surface area contributed by atoms with Gasteiger partial charge in [0.15, 0.2) is 0 Å². The molecule has 0 rings (SSSR count). The Balaban J connectivity index is 3.66. The average Bonchev–Trinajstić information content (AvgIpc) is 2.17. The van der Waals surface area contributed by atoms with Crippen molar-refractivity contribution in [3.8, 4) is 0 Å². The van der Waals surface area contributed by atoms with Gasteiger partial charge in [0, 0.05) is 39.4 Å². The molecule has 0 saturated carbocycles. The minimum absolute atomic E-state index is 0.717. The number of nitrogens with one attached hydrogen (secondary N) is 1. The van der Waals surface area contributed by atoms with Crippen molar-refractivity contribution in [2.24, 2.45) is 5.73 Å². The number of hydrogen-bond acceptors (Lipinski definition) is 4. The molecule has 0 heterocycles. The highest BCUT2D eigenvalue weighted by molar-refractivity contribution is 4.83. The topological polar surface area (TPSA) is 44.5 Å². The molecule has 0 aromatic heterocycles. The van der Waals surface area contributed by atoms with Gasteiger partial charge < -0.3 is 15.6 Å². The molecule has 4 nitrogen and oxygen atoms in total. The van der Waals surface area contributed by atoms with Gasteiger partial charge in [-0.05, 0) is 13.5 Å². The molecule has 0 atom stereocenters. The number of hydrazine groups is 1. The largest absolute Gasteiger partial charge is 0.329 e. The monoisotopic (exact) mass is 200 g/mol. The summed E-state index contributed by atoms with van der Waals surface area (Å²) in [5.74, 6) is 0. The first kappa shape index (κ1) is 13.4. The smallest absolute Gasteiger partial charge is 0.0334 e. The van der Waals surface area contributed by atoms with Crippen LogP contribution in [0.25, 0.3) is 0 Å². The number of likely N-dealkylation sites (N-methyl/N-ethyl adjacent to an activating group) is 1. The van der Waals surface area contributed by atoms with E-state index in [9.17, 15) is 0 Å². The predicted octanol–water partition coefficient (Wildman–Crippen LogP) is 0.237. The van der Waals surface area contributed by atoms with Crippen LogP contribution < -0.4 is 11.2 Å². The lowest BCUT2D eigenvalue weighted by molar-refractivity contribution is 0.295. The van der Waals surface area contributed by atoms with Crippen LogP contribution in [0.1, 0.15) is 13.3 Å². The van der Waals surface area contributed by atoms with E-state index in [1.165, 1.54) is 0 Å². The fraction of sp³-hybridized carbons (Fsp3) is 0.800. The van der Waals surface area contributed by atoms with Crippen molar-refractivity contribution in [1.29, 1.82) is 0 Å². The molecular formula is C10H24N4. The Labute approximate surface area is 87.7 Å². The van der Waals surface area contributed by atoms with Gasteiger partial charge in [-0.15, -0.1) is 0 Å². The second-order valence-electron chi connectivity index (χ2n) is 3.35. The maximum atomic E-state index is 5.45. The van der Waals surface area contributed by atoms with Gasteiger partial charge >= 0.3 is 0 Å². The van der Waals surface area contributed by atoms with Gasteiger partial charge in [0.05, 0.1) is 0 Å². The molecule has 0 radical (unpaired) electrons. The maximum absolute atomic E-state index is 5.45. The van der Waals surface area contributed by atoms with Crippen molar-refractivity contribution < 1.29 is 0 Å². The van der Waals surface area contributed by atoms with Gasteiger partial charge in [0.1, 0.15) is 0 Å². The molecule has 0 aliphatic carbocycles. The zero-order valence-electron chi connectivity index (χ0n) is 9.66. The van der Waals surface area contributed by atoms with E-state index in [0.717, 1.165) is 32.6 Å². The first-order valence-corrected chi connectivity index (χ1v) is 5.23. The molecule has 0 aliphatic heterocycles. The van der Waals surface area contributed by atoms with E-state index in [2.05, 4.69) is 41.6 Å². The van der Waals surface area contributed by atoms with Crippen molar-refractivity contribution in [3.05, 3.63) is 12.3 Å². The standard InChI is InChI=1S/C10H24N4/c1-4-7-14(12-2)9-5-8-13(3)10-6-11/h5,9,12H,4,6-8,10-11H2,1-3H3/b9-5+. The van der Waals surface area contributed by atoms with Crippen molar-refractivity contribution in [2.75, 3.05) is 40.3 Å². The molecule has 0 spiro atoms. The second-order valence-corrected chi connectivity index (χ2v) is 3.35. The number of rotatable bonds is 8. The third-order valence-corrected chi connectivity index (χ3v) is 1.96. The van der Waals surface area contributed by atoms with E-state index in [-0.39, 0.29) is 0 Å². The van der Waals surface area contributed by atoms with Crippen LogP contribution in [0.3, 0.4) is 0 Å². The lowest BCUT2D eigenvalue weighted by Gasteiger charge is -2.18. The Morgan fingerprint density at radius 3 is 2.57 bits per heavy atom. The molecule has 0 aromatic rings. The fourth-order valence-electron chi connectivity index (χ4n) is 1.17. The van der Waals surface area contributed by atoms with Gasteiger partial charge in [0.2, 0.25) is 0 Å². The van der Waals surface area contributed by atoms with Gasteiger partial charge in [-0.1, -0.05) is 13.0 Å². The van der Waals surface area contributed by atoms with Crippen LogP contribution in [-0.4, -0.2) is 50.2 Å². The predicted molar refractivity (Wildman–Crippen MR) is 61.7 cm³/mol. The van der Waals surface area contributed by atoms with Gasteiger partial charge in [-0.3, -0.25) is 0 Å². The van der Waals surface area contributed by atoms with E-state index in [1.54, 1.807) is 0 Å². The third kappa shape index (κ3) is 6.88. The summed E-state index contributed by atoms with van der Waals surface area (Å²) in [4.78, 5) is 2.19. The molecule has 0 amide bonds. The minimum atomic E-state index is 0.717. The summed E-state index contributed by atoms with van der Waals surface area (Å²) < 4.78 is 0. The van der Waals surface area contributed by atoms with Crippen molar-refractivity contribution >= 4 is 0 Å². The molecule has 0 unspecified atom stereocenters. The average molecular weight is 200 g/mol. The van der Waals surface area contributed by atoms with Crippen LogP contribution in [0.4, 0.5) is 0 Å².